The zero-order valence-corrected chi connectivity index (χ0v) is 11.9. The second kappa shape index (κ2) is 5.36. The largest absolute Gasteiger partial charge is 0.274 e. The van der Waals surface area contributed by atoms with Gasteiger partial charge in [0.05, 0.1) is 5.02 Å². The molecule has 0 radical (unpaired) electrons. The van der Waals surface area contributed by atoms with E-state index in [1.807, 2.05) is 4.72 Å². The van der Waals surface area contributed by atoms with Crippen LogP contribution in [0.25, 0.3) is 0 Å². The molecule has 4 nitrogen and oxygen atoms in total. The van der Waals surface area contributed by atoms with Crippen LogP contribution in [-0.2, 0) is 10.0 Å². The molecule has 0 saturated carbocycles. The maximum atomic E-state index is 13.5. The molecule has 0 aliphatic rings. The first-order chi connectivity index (χ1) is 9.33. The van der Waals surface area contributed by atoms with E-state index in [0.717, 1.165) is 17.4 Å². The Morgan fingerprint density at radius 3 is 2.55 bits per heavy atom. The van der Waals surface area contributed by atoms with Gasteiger partial charge in [-0.25, -0.2) is 17.2 Å². The van der Waals surface area contributed by atoms with E-state index in [1.165, 1.54) is 12.1 Å². The average molecular weight is 335 g/mol. The van der Waals surface area contributed by atoms with Gasteiger partial charge in [-0.15, -0.1) is 11.3 Å². The van der Waals surface area contributed by atoms with Gasteiger partial charge in [0.1, 0.15) is 26.7 Å². The molecule has 0 unspecified atom stereocenters. The van der Waals surface area contributed by atoms with Crippen LogP contribution < -0.4 is 4.72 Å². The molecule has 0 atom stereocenters. The van der Waals surface area contributed by atoms with Gasteiger partial charge in [0.15, 0.2) is 5.82 Å². The summed E-state index contributed by atoms with van der Waals surface area (Å²) in [5.74, 6) is -2.05. The van der Waals surface area contributed by atoms with Crippen LogP contribution in [0.1, 0.15) is 4.88 Å². The van der Waals surface area contributed by atoms with Gasteiger partial charge in [-0.1, -0.05) is 11.6 Å². The Labute approximate surface area is 122 Å². The summed E-state index contributed by atoms with van der Waals surface area (Å²) in [5, 5.41) is 8.25. The van der Waals surface area contributed by atoms with Gasteiger partial charge < -0.3 is 0 Å². The Bertz CT molecular complexity index is 789. The van der Waals surface area contributed by atoms with Gasteiger partial charge >= 0.3 is 0 Å². The lowest BCUT2D eigenvalue weighted by atomic mass is 10.3. The SMILES string of the molecule is N#Cc1ccc(S(=O)(=O)Nc2c(F)cc(F)cc2Cl)s1. The molecular weight excluding hydrogens is 330 g/mol. The van der Waals surface area contributed by atoms with Crippen molar-refractivity contribution in [1.82, 2.24) is 0 Å². The molecule has 9 heteroatoms. The number of hydrogen-bond donors (Lipinski definition) is 1. The summed E-state index contributed by atoms with van der Waals surface area (Å²) in [4.78, 5) is 0.191. The summed E-state index contributed by atoms with van der Waals surface area (Å²) in [5.41, 5.74) is -0.542. The maximum Gasteiger partial charge on any atom is 0.271 e. The molecule has 104 valence electrons. The van der Waals surface area contributed by atoms with Gasteiger partial charge in [0.25, 0.3) is 10.0 Å². The summed E-state index contributed by atoms with van der Waals surface area (Å²) in [6.07, 6.45) is 0. The van der Waals surface area contributed by atoms with Crippen LogP contribution >= 0.6 is 22.9 Å². The lowest BCUT2D eigenvalue weighted by Crippen LogP contribution is -2.13. The Morgan fingerprint density at radius 2 is 2.00 bits per heavy atom. The summed E-state index contributed by atoms with van der Waals surface area (Å²) in [6.45, 7) is 0. The molecule has 0 fully saturated rings. The van der Waals surface area contributed by atoms with Crippen LogP contribution in [0.3, 0.4) is 0 Å². The van der Waals surface area contributed by atoms with Crippen LogP contribution in [0.5, 0.6) is 0 Å². The highest BCUT2D eigenvalue weighted by molar-refractivity contribution is 7.94. The second-order valence-electron chi connectivity index (χ2n) is 3.58. The highest BCUT2D eigenvalue weighted by atomic mass is 35.5. The van der Waals surface area contributed by atoms with Gasteiger partial charge in [-0.05, 0) is 18.2 Å². The monoisotopic (exact) mass is 334 g/mol. The Balaban J connectivity index is 2.41. The first-order valence-corrected chi connectivity index (χ1v) is 7.68. The number of nitrogens with zero attached hydrogens (tertiary/aromatic N) is 1. The molecule has 2 rings (SSSR count). The predicted molar refractivity (Wildman–Crippen MR) is 71.2 cm³/mol. The maximum absolute atomic E-state index is 13.5. The molecule has 1 N–H and O–H groups in total. The minimum Gasteiger partial charge on any atom is -0.274 e. The van der Waals surface area contributed by atoms with E-state index in [-0.39, 0.29) is 9.09 Å². The summed E-state index contributed by atoms with van der Waals surface area (Å²) in [7, 11) is -4.09. The van der Waals surface area contributed by atoms with Crippen LogP contribution in [-0.4, -0.2) is 8.42 Å². The normalized spacial score (nSPS) is 11.1. The van der Waals surface area contributed by atoms with E-state index in [2.05, 4.69) is 0 Å². The fourth-order valence-corrected chi connectivity index (χ4v) is 3.84. The van der Waals surface area contributed by atoms with Gasteiger partial charge in [-0.3, -0.25) is 4.72 Å². The van der Waals surface area contributed by atoms with Gasteiger partial charge in [0.2, 0.25) is 0 Å². The predicted octanol–water partition coefficient (Wildman–Crippen LogP) is 3.35. The minimum atomic E-state index is -4.09. The van der Waals surface area contributed by atoms with Crippen LogP contribution in [0.15, 0.2) is 28.5 Å². The molecule has 0 aliphatic heterocycles. The van der Waals surface area contributed by atoms with Crippen molar-refractivity contribution in [3.05, 3.63) is 45.8 Å². The molecule has 0 aliphatic carbocycles. The molecule has 0 saturated heterocycles. The van der Waals surface area contributed by atoms with Crippen molar-refractivity contribution >= 4 is 38.6 Å². The van der Waals surface area contributed by atoms with Crippen LogP contribution in [0.4, 0.5) is 14.5 Å². The zero-order valence-electron chi connectivity index (χ0n) is 9.52. The smallest absolute Gasteiger partial charge is 0.271 e. The highest BCUT2D eigenvalue weighted by Crippen LogP contribution is 2.30. The van der Waals surface area contributed by atoms with Crippen molar-refractivity contribution in [2.45, 2.75) is 4.21 Å². The Morgan fingerprint density at radius 1 is 1.30 bits per heavy atom. The van der Waals surface area contributed by atoms with Crippen molar-refractivity contribution in [3.63, 3.8) is 0 Å². The first-order valence-electron chi connectivity index (χ1n) is 5.01. The molecule has 0 spiro atoms. The third kappa shape index (κ3) is 2.90. The lowest BCUT2D eigenvalue weighted by molar-refractivity contribution is 0.583. The number of benzene rings is 1. The minimum absolute atomic E-state index is 0.172. The third-order valence-corrected chi connectivity index (χ3v) is 5.33. The van der Waals surface area contributed by atoms with E-state index >= 15 is 0 Å². The molecule has 0 amide bonds. The molecule has 1 aromatic heterocycles. The number of nitriles is 1. The van der Waals surface area contributed by atoms with Crippen molar-refractivity contribution in [2.24, 2.45) is 0 Å². The van der Waals surface area contributed by atoms with E-state index in [9.17, 15) is 17.2 Å². The first kappa shape index (κ1) is 14.7. The second-order valence-corrected chi connectivity index (χ2v) is 6.98. The number of halogens is 3. The lowest BCUT2D eigenvalue weighted by Gasteiger charge is -2.09. The number of anilines is 1. The quantitative estimate of drug-likeness (QED) is 0.935. The number of thiophene rings is 1. The molecule has 20 heavy (non-hydrogen) atoms. The molecule has 1 aromatic carbocycles. The molecule has 0 bridgehead atoms. The van der Waals surface area contributed by atoms with Crippen molar-refractivity contribution in [3.8, 4) is 6.07 Å². The molecule has 1 heterocycles. The Kier molecular flexibility index (Phi) is 3.94. The summed E-state index contributed by atoms with van der Waals surface area (Å²) < 4.78 is 52.2. The van der Waals surface area contributed by atoms with E-state index in [0.29, 0.717) is 6.07 Å². The van der Waals surface area contributed by atoms with Gasteiger partial charge in [0, 0.05) is 6.07 Å². The summed E-state index contributed by atoms with van der Waals surface area (Å²) >= 11 is 6.33. The third-order valence-electron chi connectivity index (χ3n) is 2.20. The standard InChI is InChI=1S/C11H5ClF2N2O2S2/c12-8-3-6(13)4-9(14)11(8)16-20(17,18)10-2-1-7(5-15)19-10/h1-4,16H. The van der Waals surface area contributed by atoms with E-state index < -0.39 is 32.4 Å². The van der Waals surface area contributed by atoms with Crippen LogP contribution in [0, 0.1) is 23.0 Å². The number of rotatable bonds is 3. The fourth-order valence-electron chi connectivity index (χ4n) is 1.35. The van der Waals surface area contributed by atoms with E-state index in [1.54, 1.807) is 6.07 Å². The van der Waals surface area contributed by atoms with Crippen molar-refractivity contribution < 1.29 is 17.2 Å². The average Bonchev–Trinajstić information content (AvgIpc) is 2.83. The summed E-state index contributed by atoms with van der Waals surface area (Å²) in [6, 6.07) is 5.62. The topological polar surface area (TPSA) is 70.0 Å². The Hall–Kier alpha value is -1.69. The number of nitrogens with one attached hydrogen (secondary N) is 1. The molecular formula is C11H5ClF2N2O2S2. The number of hydrogen-bond acceptors (Lipinski definition) is 4. The zero-order chi connectivity index (χ0) is 14.9. The fraction of sp³-hybridized carbons (Fsp3) is 0. The number of sulfonamides is 1. The van der Waals surface area contributed by atoms with Gasteiger partial charge in [-0.2, -0.15) is 5.26 Å². The van der Waals surface area contributed by atoms with Crippen molar-refractivity contribution in [2.75, 3.05) is 4.72 Å². The molecule has 2 aromatic rings. The van der Waals surface area contributed by atoms with Crippen molar-refractivity contribution in [1.29, 1.82) is 5.26 Å². The van der Waals surface area contributed by atoms with Crippen LogP contribution in [0.2, 0.25) is 5.02 Å². The van der Waals surface area contributed by atoms with E-state index in [4.69, 9.17) is 16.9 Å². The highest BCUT2D eigenvalue weighted by Gasteiger charge is 2.21.